The van der Waals surface area contributed by atoms with E-state index in [1.54, 1.807) is 17.1 Å². The summed E-state index contributed by atoms with van der Waals surface area (Å²) in [6.07, 6.45) is 10.1. The highest BCUT2D eigenvalue weighted by molar-refractivity contribution is 5.92. The SMILES string of the molecule is O=C(NCc1ccnc(N2CCCCCC2)c1)c1cncn1-c1ccccc1. The van der Waals surface area contributed by atoms with Crippen molar-refractivity contribution in [3.63, 3.8) is 0 Å². The third-order valence-corrected chi connectivity index (χ3v) is 5.10. The summed E-state index contributed by atoms with van der Waals surface area (Å²) in [5, 5.41) is 3.01. The number of imidazole rings is 1. The number of hydrogen-bond acceptors (Lipinski definition) is 4. The van der Waals surface area contributed by atoms with Crippen molar-refractivity contribution in [3.8, 4) is 5.69 Å². The van der Waals surface area contributed by atoms with E-state index in [1.165, 1.54) is 25.7 Å². The molecule has 144 valence electrons. The minimum Gasteiger partial charge on any atom is -0.357 e. The van der Waals surface area contributed by atoms with Crippen LogP contribution >= 0.6 is 0 Å². The van der Waals surface area contributed by atoms with E-state index in [0.717, 1.165) is 30.2 Å². The zero-order valence-corrected chi connectivity index (χ0v) is 15.9. The standard InChI is InChI=1S/C22H25N5O/c28-22(20-16-23-17-27(20)19-8-4-3-5-9-19)25-15-18-10-11-24-21(14-18)26-12-6-1-2-7-13-26/h3-5,8-11,14,16-17H,1-2,6-7,12-13,15H2,(H,25,28). The number of nitrogens with zero attached hydrogens (tertiary/aromatic N) is 4. The largest absolute Gasteiger partial charge is 0.357 e. The Hall–Kier alpha value is -3.15. The van der Waals surface area contributed by atoms with Crippen LogP contribution in [0, 0.1) is 0 Å². The highest BCUT2D eigenvalue weighted by Gasteiger charge is 2.14. The first-order valence-corrected chi connectivity index (χ1v) is 9.87. The number of rotatable bonds is 5. The number of carbonyl (C=O) groups excluding carboxylic acids is 1. The lowest BCUT2D eigenvalue weighted by atomic mass is 10.2. The molecule has 4 rings (SSSR count). The fourth-order valence-corrected chi connectivity index (χ4v) is 3.57. The molecule has 2 aromatic heterocycles. The predicted molar refractivity (Wildman–Crippen MR) is 110 cm³/mol. The lowest BCUT2D eigenvalue weighted by Crippen LogP contribution is -2.26. The van der Waals surface area contributed by atoms with Gasteiger partial charge in [-0.05, 0) is 42.7 Å². The normalized spacial score (nSPS) is 14.5. The van der Waals surface area contributed by atoms with Gasteiger partial charge in [-0.1, -0.05) is 31.0 Å². The molecule has 1 saturated heterocycles. The Kier molecular flexibility index (Phi) is 5.66. The van der Waals surface area contributed by atoms with E-state index in [-0.39, 0.29) is 5.91 Å². The van der Waals surface area contributed by atoms with Gasteiger partial charge >= 0.3 is 0 Å². The molecule has 1 aromatic carbocycles. The molecule has 3 aromatic rings. The first-order chi connectivity index (χ1) is 13.8. The summed E-state index contributed by atoms with van der Waals surface area (Å²) in [7, 11) is 0. The highest BCUT2D eigenvalue weighted by Crippen LogP contribution is 2.18. The van der Waals surface area contributed by atoms with Crippen LogP contribution in [0.15, 0.2) is 61.2 Å². The molecule has 1 aliphatic heterocycles. The number of carbonyl (C=O) groups is 1. The second kappa shape index (κ2) is 8.69. The van der Waals surface area contributed by atoms with Crippen molar-refractivity contribution in [3.05, 3.63) is 72.4 Å². The van der Waals surface area contributed by atoms with Gasteiger partial charge in [0, 0.05) is 31.5 Å². The summed E-state index contributed by atoms with van der Waals surface area (Å²) in [6, 6.07) is 13.8. The summed E-state index contributed by atoms with van der Waals surface area (Å²) in [4.78, 5) is 23.7. The van der Waals surface area contributed by atoms with Gasteiger partial charge in [0.2, 0.25) is 0 Å². The average Bonchev–Trinajstić information content (AvgIpc) is 3.08. The molecule has 0 unspecified atom stereocenters. The fraction of sp³-hybridized carbons (Fsp3) is 0.318. The quantitative estimate of drug-likeness (QED) is 0.740. The molecule has 0 bridgehead atoms. The maximum atomic E-state index is 12.7. The summed E-state index contributed by atoms with van der Waals surface area (Å²) < 4.78 is 1.80. The molecular formula is C22H25N5O. The molecule has 1 N–H and O–H groups in total. The van der Waals surface area contributed by atoms with E-state index in [4.69, 9.17) is 0 Å². The number of anilines is 1. The Morgan fingerprint density at radius 3 is 2.61 bits per heavy atom. The van der Waals surface area contributed by atoms with E-state index in [2.05, 4.69) is 26.3 Å². The van der Waals surface area contributed by atoms with E-state index >= 15 is 0 Å². The first kappa shape index (κ1) is 18.2. The van der Waals surface area contributed by atoms with Gasteiger partial charge in [0.15, 0.2) is 0 Å². The van der Waals surface area contributed by atoms with Gasteiger partial charge in [0.25, 0.3) is 5.91 Å². The van der Waals surface area contributed by atoms with Crippen LogP contribution in [-0.4, -0.2) is 33.5 Å². The maximum absolute atomic E-state index is 12.7. The van der Waals surface area contributed by atoms with Gasteiger partial charge in [0.1, 0.15) is 11.5 Å². The van der Waals surface area contributed by atoms with Crippen LogP contribution in [0.3, 0.4) is 0 Å². The van der Waals surface area contributed by atoms with Crippen LogP contribution in [-0.2, 0) is 6.54 Å². The molecule has 6 heteroatoms. The molecule has 0 aliphatic carbocycles. The van der Waals surface area contributed by atoms with E-state index in [0.29, 0.717) is 12.2 Å². The highest BCUT2D eigenvalue weighted by atomic mass is 16.1. The molecular weight excluding hydrogens is 350 g/mol. The Balaban J connectivity index is 1.43. The van der Waals surface area contributed by atoms with Crippen LogP contribution < -0.4 is 10.2 Å². The van der Waals surface area contributed by atoms with Gasteiger partial charge in [0.05, 0.1) is 12.5 Å². The molecule has 1 aliphatic rings. The fourth-order valence-electron chi connectivity index (χ4n) is 3.57. The molecule has 1 fully saturated rings. The third kappa shape index (κ3) is 4.22. The Morgan fingerprint density at radius 2 is 1.82 bits per heavy atom. The van der Waals surface area contributed by atoms with Crippen molar-refractivity contribution < 1.29 is 4.79 Å². The minimum atomic E-state index is -0.144. The maximum Gasteiger partial charge on any atom is 0.270 e. The van der Waals surface area contributed by atoms with Crippen LogP contribution in [0.25, 0.3) is 5.69 Å². The van der Waals surface area contributed by atoms with Crippen LogP contribution in [0.4, 0.5) is 5.82 Å². The van der Waals surface area contributed by atoms with Gasteiger partial charge in [-0.25, -0.2) is 9.97 Å². The zero-order valence-electron chi connectivity index (χ0n) is 15.9. The van der Waals surface area contributed by atoms with Crippen molar-refractivity contribution in [1.29, 1.82) is 0 Å². The second-order valence-electron chi connectivity index (χ2n) is 7.09. The summed E-state index contributed by atoms with van der Waals surface area (Å²) >= 11 is 0. The second-order valence-corrected chi connectivity index (χ2v) is 7.09. The topological polar surface area (TPSA) is 63.1 Å². The van der Waals surface area contributed by atoms with Gasteiger partial charge < -0.3 is 10.2 Å². The molecule has 0 saturated carbocycles. The smallest absolute Gasteiger partial charge is 0.270 e. The van der Waals surface area contributed by atoms with E-state index < -0.39 is 0 Å². The lowest BCUT2D eigenvalue weighted by Gasteiger charge is -2.21. The Bertz CT molecular complexity index is 913. The molecule has 0 spiro atoms. The first-order valence-electron chi connectivity index (χ1n) is 9.87. The lowest BCUT2D eigenvalue weighted by molar-refractivity contribution is 0.0944. The van der Waals surface area contributed by atoms with Crippen LogP contribution in [0.1, 0.15) is 41.7 Å². The minimum absolute atomic E-state index is 0.144. The molecule has 28 heavy (non-hydrogen) atoms. The van der Waals surface area contributed by atoms with Gasteiger partial charge in [-0.15, -0.1) is 0 Å². The summed E-state index contributed by atoms with van der Waals surface area (Å²) in [6.45, 7) is 2.57. The Labute approximate surface area is 165 Å². The van der Waals surface area contributed by atoms with Crippen LogP contribution in [0.5, 0.6) is 0 Å². The number of aromatic nitrogens is 3. The van der Waals surface area contributed by atoms with Crippen LogP contribution in [0.2, 0.25) is 0 Å². The zero-order chi connectivity index (χ0) is 19.2. The number of nitrogens with one attached hydrogen (secondary N) is 1. The third-order valence-electron chi connectivity index (χ3n) is 5.10. The van der Waals surface area contributed by atoms with E-state index in [1.807, 2.05) is 42.6 Å². The number of amides is 1. The van der Waals surface area contributed by atoms with Crippen molar-refractivity contribution in [1.82, 2.24) is 19.9 Å². The van der Waals surface area contributed by atoms with Gasteiger partial charge in [-0.3, -0.25) is 9.36 Å². The molecule has 1 amide bonds. The van der Waals surface area contributed by atoms with Crippen molar-refractivity contribution in [2.75, 3.05) is 18.0 Å². The predicted octanol–water partition coefficient (Wildman–Crippen LogP) is 3.58. The average molecular weight is 375 g/mol. The summed E-state index contributed by atoms with van der Waals surface area (Å²) in [5.74, 6) is 0.859. The monoisotopic (exact) mass is 375 g/mol. The Morgan fingerprint density at radius 1 is 1.04 bits per heavy atom. The summed E-state index contributed by atoms with van der Waals surface area (Å²) in [5.41, 5.74) is 2.49. The van der Waals surface area contributed by atoms with Crippen molar-refractivity contribution in [2.45, 2.75) is 32.2 Å². The number of para-hydroxylation sites is 1. The number of pyridine rings is 1. The number of hydrogen-bond donors (Lipinski definition) is 1. The molecule has 3 heterocycles. The van der Waals surface area contributed by atoms with Crippen molar-refractivity contribution >= 4 is 11.7 Å². The molecule has 0 radical (unpaired) electrons. The number of benzene rings is 1. The molecule has 6 nitrogen and oxygen atoms in total. The van der Waals surface area contributed by atoms with Crippen molar-refractivity contribution in [2.24, 2.45) is 0 Å². The van der Waals surface area contributed by atoms with Gasteiger partial charge in [-0.2, -0.15) is 0 Å². The van der Waals surface area contributed by atoms with E-state index in [9.17, 15) is 4.79 Å². The molecule has 0 atom stereocenters.